The number of piperazine rings is 1. The lowest BCUT2D eigenvalue weighted by molar-refractivity contribution is 0.246. The van der Waals surface area contributed by atoms with Crippen molar-refractivity contribution in [1.29, 1.82) is 0 Å². The third kappa shape index (κ3) is 3.40. The molecule has 0 atom stereocenters. The number of hydrogen-bond acceptors (Lipinski definition) is 6. The minimum Gasteiger partial charge on any atom is -0.468 e. The standard InChI is InChI=1S/C15H21N5O/c1-16-11-14-13(3-10-21-14)12-19-6-8-20(9-7-19)15-17-4-2-5-18-15/h2-5,10,16H,6-9,11-12H2,1H3. The molecule has 1 aliphatic heterocycles. The maximum absolute atomic E-state index is 5.52. The Morgan fingerprint density at radius 1 is 1.19 bits per heavy atom. The largest absolute Gasteiger partial charge is 0.468 e. The van der Waals surface area contributed by atoms with Crippen molar-refractivity contribution in [1.82, 2.24) is 20.2 Å². The van der Waals surface area contributed by atoms with Crippen LogP contribution in [-0.2, 0) is 13.1 Å². The molecule has 21 heavy (non-hydrogen) atoms. The Morgan fingerprint density at radius 2 is 1.95 bits per heavy atom. The molecule has 1 saturated heterocycles. The van der Waals surface area contributed by atoms with E-state index in [2.05, 4.69) is 31.2 Å². The molecule has 1 aliphatic rings. The van der Waals surface area contributed by atoms with Gasteiger partial charge in [-0.1, -0.05) is 0 Å². The van der Waals surface area contributed by atoms with E-state index in [1.54, 1.807) is 18.7 Å². The molecule has 6 heteroatoms. The van der Waals surface area contributed by atoms with Gasteiger partial charge in [-0.3, -0.25) is 4.90 Å². The van der Waals surface area contributed by atoms with Crippen LogP contribution < -0.4 is 10.2 Å². The van der Waals surface area contributed by atoms with Crippen LogP contribution in [0.25, 0.3) is 0 Å². The summed E-state index contributed by atoms with van der Waals surface area (Å²) >= 11 is 0. The van der Waals surface area contributed by atoms with Gasteiger partial charge in [0.15, 0.2) is 0 Å². The number of furan rings is 1. The summed E-state index contributed by atoms with van der Waals surface area (Å²) in [6.07, 6.45) is 5.37. The van der Waals surface area contributed by atoms with E-state index in [9.17, 15) is 0 Å². The fourth-order valence-corrected chi connectivity index (χ4v) is 2.62. The average Bonchev–Trinajstić information content (AvgIpc) is 2.96. The Bertz CT molecular complexity index is 548. The summed E-state index contributed by atoms with van der Waals surface area (Å²) < 4.78 is 5.52. The van der Waals surface area contributed by atoms with Crippen LogP contribution in [0, 0.1) is 0 Å². The summed E-state index contributed by atoms with van der Waals surface area (Å²) in [4.78, 5) is 13.3. The Labute approximate surface area is 124 Å². The number of nitrogens with zero attached hydrogens (tertiary/aromatic N) is 4. The normalized spacial score (nSPS) is 16.3. The van der Waals surface area contributed by atoms with Gasteiger partial charge in [-0.15, -0.1) is 0 Å². The lowest BCUT2D eigenvalue weighted by atomic mass is 10.2. The van der Waals surface area contributed by atoms with Crippen LogP contribution in [0.1, 0.15) is 11.3 Å². The molecule has 0 aliphatic carbocycles. The highest BCUT2D eigenvalue weighted by molar-refractivity contribution is 5.29. The molecule has 0 radical (unpaired) electrons. The maximum Gasteiger partial charge on any atom is 0.225 e. The third-order valence-corrected chi connectivity index (χ3v) is 3.78. The van der Waals surface area contributed by atoms with Gasteiger partial charge in [0.2, 0.25) is 5.95 Å². The molecule has 1 N–H and O–H groups in total. The van der Waals surface area contributed by atoms with Gasteiger partial charge in [0, 0.05) is 50.7 Å². The summed E-state index contributed by atoms with van der Waals surface area (Å²) in [6, 6.07) is 3.92. The van der Waals surface area contributed by atoms with E-state index < -0.39 is 0 Å². The lowest BCUT2D eigenvalue weighted by Crippen LogP contribution is -2.46. The van der Waals surface area contributed by atoms with Gasteiger partial charge in [-0.25, -0.2) is 9.97 Å². The number of aromatic nitrogens is 2. The third-order valence-electron chi connectivity index (χ3n) is 3.78. The van der Waals surface area contributed by atoms with Gasteiger partial charge in [-0.05, 0) is 19.2 Å². The Balaban J connectivity index is 1.55. The number of nitrogens with one attached hydrogen (secondary N) is 1. The van der Waals surface area contributed by atoms with Crippen molar-refractivity contribution in [3.05, 3.63) is 42.1 Å². The van der Waals surface area contributed by atoms with E-state index >= 15 is 0 Å². The Morgan fingerprint density at radius 3 is 2.67 bits per heavy atom. The van der Waals surface area contributed by atoms with Crippen LogP contribution in [0.2, 0.25) is 0 Å². The fourth-order valence-electron chi connectivity index (χ4n) is 2.62. The molecular formula is C15H21N5O. The van der Waals surface area contributed by atoms with E-state index in [-0.39, 0.29) is 0 Å². The summed E-state index contributed by atoms with van der Waals surface area (Å²) in [5.41, 5.74) is 1.27. The molecule has 0 bridgehead atoms. The number of rotatable bonds is 5. The molecule has 2 aromatic heterocycles. The topological polar surface area (TPSA) is 57.4 Å². The smallest absolute Gasteiger partial charge is 0.225 e. The quantitative estimate of drug-likeness (QED) is 0.889. The molecule has 6 nitrogen and oxygen atoms in total. The molecule has 0 unspecified atom stereocenters. The first-order chi connectivity index (χ1) is 10.4. The molecule has 0 saturated carbocycles. The molecular weight excluding hydrogens is 266 g/mol. The van der Waals surface area contributed by atoms with Crippen LogP contribution in [0.4, 0.5) is 5.95 Å². The first-order valence-corrected chi connectivity index (χ1v) is 7.31. The van der Waals surface area contributed by atoms with E-state index in [0.717, 1.165) is 51.0 Å². The Kier molecular flexibility index (Phi) is 4.47. The summed E-state index contributed by atoms with van der Waals surface area (Å²) in [5, 5.41) is 3.14. The number of anilines is 1. The molecule has 3 rings (SSSR count). The minimum absolute atomic E-state index is 0.778. The lowest BCUT2D eigenvalue weighted by Gasteiger charge is -2.34. The molecule has 0 spiro atoms. The molecule has 0 aromatic carbocycles. The van der Waals surface area contributed by atoms with E-state index in [4.69, 9.17) is 4.42 Å². The maximum atomic E-state index is 5.52. The van der Waals surface area contributed by atoms with Crippen molar-refractivity contribution in [3.63, 3.8) is 0 Å². The second-order valence-electron chi connectivity index (χ2n) is 5.21. The van der Waals surface area contributed by atoms with E-state index in [1.807, 2.05) is 13.1 Å². The zero-order valence-corrected chi connectivity index (χ0v) is 12.3. The van der Waals surface area contributed by atoms with Crippen molar-refractivity contribution in [2.45, 2.75) is 13.1 Å². The summed E-state index contributed by atoms with van der Waals surface area (Å²) in [5.74, 6) is 1.86. The van der Waals surface area contributed by atoms with Crippen molar-refractivity contribution in [3.8, 4) is 0 Å². The van der Waals surface area contributed by atoms with Crippen molar-refractivity contribution in [2.75, 3.05) is 38.1 Å². The fraction of sp³-hybridized carbons (Fsp3) is 0.467. The van der Waals surface area contributed by atoms with Crippen LogP contribution in [-0.4, -0.2) is 48.1 Å². The molecule has 3 heterocycles. The van der Waals surface area contributed by atoms with Gasteiger partial charge in [0.25, 0.3) is 0 Å². The Hall–Kier alpha value is -1.92. The SMILES string of the molecule is CNCc1occc1CN1CCN(c2ncccn2)CC1. The van der Waals surface area contributed by atoms with Crippen LogP contribution in [0.15, 0.2) is 35.2 Å². The van der Waals surface area contributed by atoms with Crippen LogP contribution in [0.5, 0.6) is 0 Å². The predicted octanol–water partition coefficient (Wildman–Crippen LogP) is 1.11. The zero-order chi connectivity index (χ0) is 14.5. The van der Waals surface area contributed by atoms with Gasteiger partial charge in [0.05, 0.1) is 12.8 Å². The molecule has 112 valence electrons. The summed E-state index contributed by atoms with van der Waals surface area (Å²) in [6.45, 7) is 5.68. The first-order valence-electron chi connectivity index (χ1n) is 7.31. The monoisotopic (exact) mass is 287 g/mol. The average molecular weight is 287 g/mol. The van der Waals surface area contributed by atoms with Crippen molar-refractivity contribution < 1.29 is 4.42 Å². The van der Waals surface area contributed by atoms with Crippen molar-refractivity contribution >= 4 is 5.95 Å². The van der Waals surface area contributed by atoms with Gasteiger partial charge < -0.3 is 14.6 Å². The van der Waals surface area contributed by atoms with E-state index in [0.29, 0.717) is 0 Å². The van der Waals surface area contributed by atoms with Gasteiger partial charge in [-0.2, -0.15) is 0 Å². The van der Waals surface area contributed by atoms with Crippen molar-refractivity contribution in [2.24, 2.45) is 0 Å². The molecule has 1 fully saturated rings. The highest BCUT2D eigenvalue weighted by Gasteiger charge is 2.20. The zero-order valence-electron chi connectivity index (χ0n) is 12.3. The highest BCUT2D eigenvalue weighted by Crippen LogP contribution is 2.16. The van der Waals surface area contributed by atoms with Crippen LogP contribution >= 0.6 is 0 Å². The van der Waals surface area contributed by atoms with Crippen LogP contribution in [0.3, 0.4) is 0 Å². The minimum atomic E-state index is 0.778. The second-order valence-corrected chi connectivity index (χ2v) is 5.21. The highest BCUT2D eigenvalue weighted by atomic mass is 16.3. The van der Waals surface area contributed by atoms with E-state index in [1.165, 1.54) is 5.56 Å². The van der Waals surface area contributed by atoms with Gasteiger partial charge >= 0.3 is 0 Å². The molecule has 0 amide bonds. The second kappa shape index (κ2) is 6.69. The first kappa shape index (κ1) is 14.0. The number of hydrogen-bond donors (Lipinski definition) is 1. The predicted molar refractivity (Wildman–Crippen MR) is 81.0 cm³/mol. The van der Waals surface area contributed by atoms with Gasteiger partial charge in [0.1, 0.15) is 5.76 Å². The molecule has 2 aromatic rings. The summed E-state index contributed by atoms with van der Waals surface area (Å²) in [7, 11) is 1.94.